The number of nitrogens with zero attached hydrogens (tertiary/aromatic N) is 2. The molecule has 0 unspecified atom stereocenters. The van der Waals surface area contributed by atoms with Crippen LogP contribution in [0.15, 0.2) is 30.6 Å². The van der Waals surface area contributed by atoms with E-state index < -0.39 is 18.3 Å². The van der Waals surface area contributed by atoms with Crippen LogP contribution in [0.25, 0.3) is 5.69 Å². The van der Waals surface area contributed by atoms with E-state index >= 15 is 0 Å². The van der Waals surface area contributed by atoms with Crippen molar-refractivity contribution in [3.63, 3.8) is 0 Å². The molecule has 0 aliphatic heterocycles. The second-order valence-corrected chi connectivity index (χ2v) is 7.14. The van der Waals surface area contributed by atoms with E-state index in [1.54, 1.807) is 52.1 Å². The molecule has 1 aromatic carbocycles. The first kappa shape index (κ1) is 18.3. The fourth-order valence-corrected chi connectivity index (χ4v) is 2.36. The molecule has 0 radical (unpaired) electrons. The van der Waals surface area contributed by atoms with E-state index in [0.29, 0.717) is 21.2 Å². The summed E-state index contributed by atoms with van der Waals surface area (Å²) >= 11 is 12.3. The first-order valence-corrected chi connectivity index (χ1v) is 7.86. The highest BCUT2D eigenvalue weighted by Crippen LogP contribution is 2.28. The standard InChI is InChI=1S/C15H19BCl2N2O3/c1-14(2,21)15(3,4)23-16(22)10-8-19-20(9-10)13-11(17)6-5-7-12(13)18/h5-9,21-22H,1-4H3. The van der Waals surface area contributed by atoms with Crippen molar-refractivity contribution in [3.8, 4) is 5.69 Å². The molecule has 1 aromatic heterocycles. The molecule has 0 saturated heterocycles. The van der Waals surface area contributed by atoms with Crippen molar-refractivity contribution in [1.82, 2.24) is 9.78 Å². The van der Waals surface area contributed by atoms with Crippen molar-refractivity contribution < 1.29 is 14.8 Å². The summed E-state index contributed by atoms with van der Waals surface area (Å²) in [5.41, 5.74) is -1.14. The maximum absolute atomic E-state index is 10.3. The Balaban J connectivity index is 2.26. The van der Waals surface area contributed by atoms with Gasteiger partial charge in [0.25, 0.3) is 0 Å². The number of para-hydroxylation sites is 1. The van der Waals surface area contributed by atoms with Gasteiger partial charge < -0.3 is 14.8 Å². The summed E-state index contributed by atoms with van der Waals surface area (Å²) in [5.74, 6) is 0. The smallest absolute Gasteiger partial charge is 0.423 e. The summed E-state index contributed by atoms with van der Waals surface area (Å²) in [5, 5.41) is 25.4. The van der Waals surface area contributed by atoms with E-state index in [1.165, 1.54) is 10.9 Å². The molecule has 0 bridgehead atoms. The van der Waals surface area contributed by atoms with Crippen molar-refractivity contribution in [2.24, 2.45) is 0 Å². The summed E-state index contributed by atoms with van der Waals surface area (Å²) in [7, 11) is -1.24. The summed E-state index contributed by atoms with van der Waals surface area (Å²) in [4.78, 5) is 0. The van der Waals surface area contributed by atoms with E-state index in [-0.39, 0.29) is 0 Å². The van der Waals surface area contributed by atoms with Crippen LogP contribution < -0.4 is 5.46 Å². The maximum Gasteiger partial charge on any atom is 0.494 e. The number of aromatic nitrogens is 2. The van der Waals surface area contributed by atoms with Gasteiger partial charge in [0.1, 0.15) is 5.69 Å². The van der Waals surface area contributed by atoms with Crippen LogP contribution >= 0.6 is 23.2 Å². The number of hydrogen-bond acceptors (Lipinski definition) is 4. The third kappa shape index (κ3) is 3.90. The van der Waals surface area contributed by atoms with Crippen molar-refractivity contribution in [3.05, 3.63) is 40.6 Å². The minimum absolute atomic E-state index is 0.429. The number of benzene rings is 1. The summed E-state index contributed by atoms with van der Waals surface area (Å²) in [6.07, 6.45) is 3.04. The second-order valence-electron chi connectivity index (χ2n) is 6.33. The third-order valence-corrected chi connectivity index (χ3v) is 4.54. The molecule has 0 aliphatic carbocycles. The van der Waals surface area contributed by atoms with E-state index in [4.69, 9.17) is 27.9 Å². The lowest BCUT2D eigenvalue weighted by atomic mass is 9.78. The van der Waals surface area contributed by atoms with Gasteiger partial charge in [-0.1, -0.05) is 29.3 Å². The number of halogens is 2. The van der Waals surface area contributed by atoms with Gasteiger partial charge in [-0.25, -0.2) is 4.68 Å². The Morgan fingerprint density at radius 2 is 1.74 bits per heavy atom. The minimum Gasteiger partial charge on any atom is -0.423 e. The van der Waals surface area contributed by atoms with Gasteiger partial charge in [-0.05, 0) is 39.8 Å². The maximum atomic E-state index is 10.3. The van der Waals surface area contributed by atoms with Gasteiger partial charge in [0.15, 0.2) is 0 Å². The molecule has 23 heavy (non-hydrogen) atoms. The van der Waals surface area contributed by atoms with Crippen LogP contribution in [-0.4, -0.2) is 38.2 Å². The summed E-state index contributed by atoms with van der Waals surface area (Å²) in [6, 6.07) is 5.14. The highest BCUT2D eigenvalue weighted by Gasteiger charge is 2.39. The van der Waals surface area contributed by atoms with Gasteiger partial charge in [-0.3, -0.25) is 0 Å². The average molecular weight is 357 g/mol. The summed E-state index contributed by atoms with van der Waals surface area (Å²) in [6.45, 7) is 6.64. The Kier molecular flexibility index (Phi) is 5.13. The fraction of sp³-hybridized carbons (Fsp3) is 0.400. The number of aliphatic hydroxyl groups is 1. The molecule has 0 atom stereocenters. The zero-order chi connectivity index (χ0) is 17.4. The molecule has 0 spiro atoms. The minimum atomic E-state index is -1.24. The lowest BCUT2D eigenvalue weighted by molar-refractivity contribution is -0.0982. The predicted molar refractivity (Wildman–Crippen MR) is 92.7 cm³/mol. The Morgan fingerprint density at radius 3 is 2.26 bits per heavy atom. The van der Waals surface area contributed by atoms with Gasteiger partial charge in [-0.15, -0.1) is 0 Å². The molecular weight excluding hydrogens is 338 g/mol. The van der Waals surface area contributed by atoms with Gasteiger partial charge >= 0.3 is 7.12 Å². The largest absolute Gasteiger partial charge is 0.494 e. The van der Waals surface area contributed by atoms with Crippen LogP contribution in [0.4, 0.5) is 0 Å². The van der Waals surface area contributed by atoms with Gasteiger partial charge in [-0.2, -0.15) is 5.10 Å². The van der Waals surface area contributed by atoms with Crippen molar-refractivity contribution in [2.45, 2.75) is 38.9 Å². The fourth-order valence-electron chi connectivity index (χ4n) is 1.79. The van der Waals surface area contributed by atoms with Crippen molar-refractivity contribution in [1.29, 1.82) is 0 Å². The van der Waals surface area contributed by atoms with Crippen LogP contribution in [0.5, 0.6) is 0 Å². The van der Waals surface area contributed by atoms with Crippen LogP contribution in [0.1, 0.15) is 27.7 Å². The monoisotopic (exact) mass is 356 g/mol. The average Bonchev–Trinajstić information content (AvgIpc) is 2.86. The second kappa shape index (κ2) is 6.45. The first-order chi connectivity index (χ1) is 10.5. The molecule has 8 heteroatoms. The highest BCUT2D eigenvalue weighted by molar-refractivity contribution is 6.60. The molecule has 0 amide bonds. The summed E-state index contributed by atoms with van der Waals surface area (Å²) < 4.78 is 7.06. The predicted octanol–water partition coefficient (Wildman–Crippen LogP) is 2.43. The van der Waals surface area contributed by atoms with E-state index in [9.17, 15) is 10.1 Å². The molecule has 2 rings (SSSR count). The number of hydrogen-bond donors (Lipinski definition) is 2. The molecule has 2 aromatic rings. The van der Waals surface area contributed by atoms with Crippen LogP contribution in [0.2, 0.25) is 10.0 Å². The van der Waals surface area contributed by atoms with Crippen molar-refractivity contribution >= 4 is 35.8 Å². The Bertz CT molecular complexity index is 678. The molecular formula is C15H19BCl2N2O3. The molecule has 5 nitrogen and oxygen atoms in total. The molecule has 0 fully saturated rings. The lowest BCUT2D eigenvalue weighted by Gasteiger charge is -2.38. The molecule has 2 N–H and O–H groups in total. The van der Waals surface area contributed by atoms with E-state index in [2.05, 4.69) is 5.10 Å². The Morgan fingerprint density at radius 1 is 1.17 bits per heavy atom. The van der Waals surface area contributed by atoms with Crippen LogP contribution in [0.3, 0.4) is 0 Å². The van der Waals surface area contributed by atoms with E-state index in [0.717, 1.165) is 0 Å². The van der Waals surface area contributed by atoms with E-state index in [1.807, 2.05) is 0 Å². The van der Waals surface area contributed by atoms with Crippen LogP contribution in [0, 0.1) is 0 Å². The first-order valence-electron chi connectivity index (χ1n) is 7.10. The Labute approximate surface area is 145 Å². The SMILES string of the molecule is CC(C)(O)C(C)(C)OB(O)c1cnn(-c2c(Cl)cccc2Cl)c1. The normalized spacial score (nSPS) is 12.5. The quantitative estimate of drug-likeness (QED) is 0.807. The van der Waals surface area contributed by atoms with Gasteiger partial charge in [0.05, 0.1) is 21.2 Å². The zero-order valence-electron chi connectivity index (χ0n) is 13.4. The Hall–Kier alpha value is -1.05. The number of rotatable bonds is 5. The third-order valence-electron chi connectivity index (χ3n) is 3.93. The molecule has 1 heterocycles. The van der Waals surface area contributed by atoms with Crippen LogP contribution in [-0.2, 0) is 4.65 Å². The highest BCUT2D eigenvalue weighted by atomic mass is 35.5. The molecule has 124 valence electrons. The van der Waals surface area contributed by atoms with Crippen molar-refractivity contribution in [2.75, 3.05) is 0 Å². The molecule has 0 aliphatic rings. The molecule has 0 saturated carbocycles. The topological polar surface area (TPSA) is 67.5 Å². The zero-order valence-corrected chi connectivity index (χ0v) is 14.9. The van der Waals surface area contributed by atoms with Gasteiger partial charge in [0, 0.05) is 17.9 Å². The van der Waals surface area contributed by atoms with Gasteiger partial charge in [0.2, 0.25) is 0 Å². The lowest BCUT2D eigenvalue weighted by Crippen LogP contribution is -2.53.